The molecule has 0 aromatic heterocycles. The molecule has 1 amide bonds. The van der Waals surface area contributed by atoms with Crippen LogP contribution in [-0.2, 0) is 33.2 Å². The van der Waals surface area contributed by atoms with Gasteiger partial charge in [0.2, 0.25) is 5.91 Å². The predicted molar refractivity (Wildman–Crippen MR) is 448 cm³/mol. The van der Waals surface area contributed by atoms with Gasteiger partial charge in [-0.05, 0) is 19.3 Å². The number of ether oxygens (including phenoxy) is 6. The van der Waals surface area contributed by atoms with Gasteiger partial charge in [0, 0.05) is 6.42 Å². The molecule has 3 heterocycles. The van der Waals surface area contributed by atoms with Crippen LogP contribution in [0.1, 0.15) is 438 Å². The summed E-state index contributed by atoms with van der Waals surface area (Å²) in [6, 6.07) is -0.972. The van der Waals surface area contributed by atoms with Gasteiger partial charge in [-0.25, -0.2) is 0 Å². The molecule has 17 atom stereocenters. The summed E-state index contributed by atoms with van der Waals surface area (Å²) < 4.78 is 34.6. The Bertz CT molecular complexity index is 2040. The summed E-state index contributed by atoms with van der Waals surface area (Å²) in [5, 5.41) is 121. The maximum atomic E-state index is 13.5. The fraction of sp³-hybridized carbons (Fsp3) is 0.967. The molecule has 0 aromatic carbocycles. The van der Waals surface area contributed by atoms with Gasteiger partial charge in [0.25, 0.3) is 0 Å². The van der Waals surface area contributed by atoms with Crippen molar-refractivity contribution in [2.24, 2.45) is 0 Å². The maximum Gasteiger partial charge on any atom is 0.220 e. The first-order valence-corrected chi connectivity index (χ1v) is 47.4. The third kappa shape index (κ3) is 50.9. The second-order valence-electron chi connectivity index (χ2n) is 34.2. The minimum Gasteiger partial charge on any atom is -0.394 e. The topological polar surface area (TPSA) is 307 Å². The molecule has 19 nitrogen and oxygen atoms in total. The van der Waals surface area contributed by atoms with E-state index in [1.54, 1.807) is 6.08 Å². The average Bonchev–Trinajstić information content (AvgIpc) is 0.781. The van der Waals surface area contributed by atoms with Gasteiger partial charge in [-0.3, -0.25) is 4.79 Å². The predicted octanol–water partition coefficient (Wildman–Crippen LogP) is 18.6. The number of unbranched alkanes of at least 4 members (excludes halogenated alkanes) is 63. The van der Waals surface area contributed by atoms with Crippen LogP contribution in [0, 0.1) is 0 Å². The van der Waals surface area contributed by atoms with Gasteiger partial charge in [0.15, 0.2) is 18.9 Å². The first-order valence-electron chi connectivity index (χ1n) is 47.4. The van der Waals surface area contributed by atoms with E-state index in [4.69, 9.17) is 28.4 Å². The molecule has 3 fully saturated rings. The number of hydrogen-bond acceptors (Lipinski definition) is 18. The van der Waals surface area contributed by atoms with Crippen molar-refractivity contribution in [3.05, 3.63) is 12.2 Å². The Morgan fingerprint density at radius 3 is 0.847 bits per heavy atom. The maximum absolute atomic E-state index is 13.5. The van der Waals surface area contributed by atoms with Gasteiger partial charge < -0.3 is 89.9 Å². The quantitative estimate of drug-likeness (QED) is 0.0199. The van der Waals surface area contributed by atoms with E-state index in [9.17, 15) is 61.0 Å². The molecule has 0 radical (unpaired) electrons. The van der Waals surface area contributed by atoms with Crippen LogP contribution in [-0.4, -0.2) is 193 Å². The van der Waals surface area contributed by atoms with Crippen molar-refractivity contribution in [3.63, 3.8) is 0 Å². The van der Waals surface area contributed by atoms with E-state index < -0.39 is 124 Å². The smallest absolute Gasteiger partial charge is 0.220 e. The number of rotatable bonds is 79. The largest absolute Gasteiger partial charge is 0.394 e. The Morgan fingerprint density at radius 1 is 0.315 bits per heavy atom. The summed E-state index contributed by atoms with van der Waals surface area (Å²) in [7, 11) is 0. The van der Waals surface area contributed by atoms with E-state index in [1.165, 1.54) is 366 Å². The van der Waals surface area contributed by atoms with Crippen molar-refractivity contribution in [2.75, 3.05) is 26.4 Å². The number of nitrogens with one attached hydrogen (secondary N) is 1. The van der Waals surface area contributed by atoms with E-state index in [0.29, 0.717) is 6.42 Å². The minimum atomic E-state index is -1.98. The minimum absolute atomic E-state index is 0.251. The Labute approximate surface area is 677 Å². The summed E-state index contributed by atoms with van der Waals surface area (Å²) >= 11 is 0. The van der Waals surface area contributed by atoms with Crippen LogP contribution in [0.2, 0.25) is 0 Å². The van der Waals surface area contributed by atoms with Crippen molar-refractivity contribution in [1.29, 1.82) is 0 Å². The Kier molecular flexibility index (Phi) is 67.8. The van der Waals surface area contributed by atoms with Crippen molar-refractivity contribution in [1.82, 2.24) is 5.32 Å². The first-order chi connectivity index (χ1) is 54.3. The monoisotopic (exact) mass is 1580 g/mol. The fourth-order valence-corrected chi connectivity index (χ4v) is 16.6. The van der Waals surface area contributed by atoms with Gasteiger partial charge in [-0.2, -0.15) is 0 Å². The van der Waals surface area contributed by atoms with Crippen molar-refractivity contribution < 1.29 is 89.4 Å². The SMILES string of the molecule is CCCCCCCCCCCCCCCCCCCCCCCCCCCC/C=C/C(O)C(COC1OC(CO)C(OC2OC(CO)C(OC3OC(CO)C(O)C(O)C3O)C(O)C2O)C(O)C1O)NC(=O)CCCCCCCCCCCCCCCCCCCCCCCCCCCCCCCCCCCCCCCC. The first kappa shape index (κ1) is 104. The number of carbonyl (C=O) groups is 1. The molecule has 17 unspecified atom stereocenters. The molecule has 0 bridgehead atoms. The van der Waals surface area contributed by atoms with Gasteiger partial charge >= 0.3 is 0 Å². The van der Waals surface area contributed by atoms with Crippen LogP contribution in [0.3, 0.4) is 0 Å². The number of hydrogen-bond donors (Lipinski definition) is 12. The summed E-state index contributed by atoms with van der Waals surface area (Å²) in [4.78, 5) is 13.5. The summed E-state index contributed by atoms with van der Waals surface area (Å²) in [5.41, 5.74) is 0. The molecule has 0 spiro atoms. The second-order valence-corrected chi connectivity index (χ2v) is 34.2. The highest BCUT2D eigenvalue weighted by Crippen LogP contribution is 2.34. The lowest BCUT2D eigenvalue weighted by molar-refractivity contribution is -0.379. The molecular weight excluding hydrogens is 1410 g/mol. The molecular formula is C92H177NO18. The standard InChI is InChI=1S/C92H177NO18/c1-3-5-7-9-11-13-15-17-19-21-23-25-27-29-31-33-34-35-36-37-38-39-40-41-42-44-46-48-50-52-54-56-58-60-62-64-66-68-70-80(98)93-75(76(97)69-67-65-63-61-59-57-55-53-51-49-47-45-43-32-30-28-26-24-22-20-18-16-14-12-10-8-6-4-2)74-106-90-86(104)83(101)88(78(72-95)108-90)111-92-87(105)84(102)89(79(73-96)109-92)110-91-85(103)82(100)81(99)77(71-94)107-91/h67,69,75-79,81-92,94-97,99-105H,3-66,68,70-74H2,1-2H3,(H,93,98)/b69-67+. The summed E-state index contributed by atoms with van der Waals surface area (Å²) in [6.45, 7) is 1.83. The molecule has 111 heavy (non-hydrogen) atoms. The number of amides is 1. The molecule has 0 aromatic rings. The highest BCUT2D eigenvalue weighted by atomic mass is 16.8. The zero-order valence-electron chi connectivity index (χ0n) is 71.2. The number of allylic oxidation sites excluding steroid dienone is 1. The normalized spacial score (nSPS) is 25.0. The summed E-state index contributed by atoms with van der Waals surface area (Å²) in [5.74, 6) is -0.264. The molecule has 0 saturated carbocycles. The lowest BCUT2D eigenvalue weighted by Gasteiger charge is -2.48. The van der Waals surface area contributed by atoms with Gasteiger partial charge in [-0.15, -0.1) is 0 Å². The van der Waals surface area contributed by atoms with E-state index in [-0.39, 0.29) is 18.9 Å². The van der Waals surface area contributed by atoms with Crippen LogP contribution in [0.4, 0.5) is 0 Å². The van der Waals surface area contributed by atoms with Crippen LogP contribution < -0.4 is 5.32 Å². The highest BCUT2D eigenvalue weighted by molar-refractivity contribution is 5.76. The Balaban J connectivity index is 1.30. The zero-order chi connectivity index (χ0) is 80.3. The van der Waals surface area contributed by atoms with Crippen LogP contribution in [0.5, 0.6) is 0 Å². The highest BCUT2D eigenvalue weighted by Gasteiger charge is 2.54. The van der Waals surface area contributed by atoms with Gasteiger partial charge in [-0.1, -0.05) is 424 Å². The number of carbonyl (C=O) groups excluding carboxylic acids is 1. The molecule has 0 aliphatic carbocycles. The van der Waals surface area contributed by atoms with Crippen molar-refractivity contribution >= 4 is 5.91 Å². The van der Waals surface area contributed by atoms with Crippen LogP contribution in [0.15, 0.2) is 12.2 Å². The lowest BCUT2D eigenvalue weighted by atomic mass is 9.96. The van der Waals surface area contributed by atoms with E-state index in [0.717, 1.165) is 44.9 Å². The third-order valence-electron chi connectivity index (χ3n) is 24.1. The number of aliphatic hydroxyl groups is 11. The fourth-order valence-electron chi connectivity index (χ4n) is 16.6. The molecule has 12 N–H and O–H groups in total. The van der Waals surface area contributed by atoms with E-state index >= 15 is 0 Å². The molecule has 19 heteroatoms. The molecule has 658 valence electrons. The third-order valence-corrected chi connectivity index (χ3v) is 24.1. The van der Waals surface area contributed by atoms with Crippen LogP contribution >= 0.6 is 0 Å². The van der Waals surface area contributed by atoms with Crippen molar-refractivity contribution in [2.45, 2.75) is 542 Å². The number of aliphatic hydroxyl groups excluding tert-OH is 11. The molecule has 3 aliphatic heterocycles. The lowest BCUT2D eigenvalue weighted by Crippen LogP contribution is -2.66. The van der Waals surface area contributed by atoms with Crippen molar-refractivity contribution in [3.8, 4) is 0 Å². The summed E-state index contributed by atoms with van der Waals surface area (Å²) in [6.07, 6.45) is 63.9. The van der Waals surface area contributed by atoms with E-state index in [1.807, 2.05) is 6.08 Å². The van der Waals surface area contributed by atoms with Gasteiger partial charge in [0.05, 0.1) is 38.6 Å². The Hall–Kier alpha value is -1.47. The average molecular weight is 1590 g/mol. The zero-order valence-corrected chi connectivity index (χ0v) is 71.2. The van der Waals surface area contributed by atoms with Gasteiger partial charge in [0.1, 0.15) is 73.2 Å². The van der Waals surface area contributed by atoms with E-state index in [2.05, 4.69) is 19.2 Å². The molecule has 3 aliphatic rings. The van der Waals surface area contributed by atoms with Crippen LogP contribution in [0.25, 0.3) is 0 Å². The molecule has 3 rings (SSSR count). The Morgan fingerprint density at radius 2 is 0.559 bits per heavy atom. The molecule has 3 saturated heterocycles. The second kappa shape index (κ2) is 72.5.